The molecule has 1 heterocycles. The van der Waals surface area contributed by atoms with E-state index in [2.05, 4.69) is 14.7 Å². The number of hydrogen-bond donors (Lipinski definition) is 2. The highest BCUT2D eigenvalue weighted by Gasteiger charge is 2.19. The van der Waals surface area contributed by atoms with E-state index in [9.17, 15) is 8.42 Å². The van der Waals surface area contributed by atoms with Crippen molar-refractivity contribution < 1.29 is 8.42 Å². The lowest BCUT2D eigenvalue weighted by molar-refractivity contribution is 0.297. The Hall–Kier alpha value is -0.880. The van der Waals surface area contributed by atoms with Gasteiger partial charge in [-0.25, -0.2) is 18.1 Å². The lowest BCUT2D eigenvalue weighted by Gasteiger charge is -2.24. The van der Waals surface area contributed by atoms with Crippen LogP contribution in [0.2, 0.25) is 0 Å². The molecule has 15 heavy (non-hydrogen) atoms. The largest absolute Gasteiger partial charge is 0.335 e. The number of rotatable bonds is 5. The van der Waals surface area contributed by atoms with E-state index in [1.807, 2.05) is 0 Å². The van der Waals surface area contributed by atoms with Crippen LogP contribution in [0.15, 0.2) is 17.6 Å². The summed E-state index contributed by atoms with van der Waals surface area (Å²) in [5.41, 5.74) is 0. The molecule has 84 valence electrons. The highest BCUT2D eigenvalue weighted by atomic mass is 32.2. The maximum absolute atomic E-state index is 11.6. The molecule has 1 saturated carbocycles. The molecule has 1 aromatic rings. The van der Waals surface area contributed by atoms with Gasteiger partial charge in [-0.15, -0.1) is 0 Å². The fourth-order valence-corrected chi connectivity index (χ4v) is 2.60. The molecule has 1 aliphatic carbocycles. The van der Waals surface area contributed by atoms with Gasteiger partial charge in [-0.1, -0.05) is 19.3 Å². The molecule has 1 aliphatic rings. The number of aromatic amines is 1. The predicted octanol–water partition coefficient (Wildman–Crippen LogP) is 0.878. The third kappa shape index (κ3) is 2.57. The van der Waals surface area contributed by atoms with Gasteiger partial charge in [0.15, 0.2) is 5.03 Å². The minimum atomic E-state index is -3.36. The molecule has 1 fully saturated rings. The highest BCUT2D eigenvalue weighted by molar-refractivity contribution is 7.89. The molecule has 2 rings (SSSR count). The van der Waals surface area contributed by atoms with Crippen LogP contribution < -0.4 is 4.72 Å². The molecular formula is C9H15N3O2S. The fraction of sp³-hybridized carbons (Fsp3) is 0.667. The molecule has 0 spiro atoms. The Morgan fingerprint density at radius 2 is 2.33 bits per heavy atom. The summed E-state index contributed by atoms with van der Waals surface area (Å²) < 4.78 is 25.8. The summed E-state index contributed by atoms with van der Waals surface area (Å²) in [6, 6.07) is 0. The van der Waals surface area contributed by atoms with Crippen LogP contribution >= 0.6 is 0 Å². The van der Waals surface area contributed by atoms with E-state index >= 15 is 0 Å². The summed E-state index contributed by atoms with van der Waals surface area (Å²) in [5, 5.41) is 0.135. The van der Waals surface area contributed by atoms with Crippen molar-refractivity contribution in [3.8, 4) is 0 Å². The first-order valence-electron chi connectivity index (χ1n) is 5.16. The van der Waals surface area contributed by atoms with Gasteiger partial charge in [-0.05, 0) is 12.3 Å². The van der Waals surface area contributed by atoms with Gasteiger partial charge < -0.3 is 4.98 Å². The minimum absolute atomic E-state index is 0.135. The van der Waals surface area contributed by atoms with Gasteiger partial charge in [-0.3, -0.25) is 0 Å². The first-order chi connectivity index (χ1) is 7.18. The maximum Gasteiger partial charge on any atom is 0.257 e. The smallest absolute Gasteiger partial charge is 0.257 e. The topological polar surface area (TPSA) is 74.8 Å². The molecule has 0 atom stereocenters. The zero-order chi connectivity index (χ0) is 10.7. The molecule has 0 bridgehead atoms. The van der Waals surface area contributed by atoms with E-state index in [1.54, 1.807) is 0 Å². The van der Waals surface area contributed by atoms with Crippen molar-refractivity contribution in [2.75, 3.05) is 6.54 Å². The average Bonchev–Trinajstić information content (AvgIpc) is 2.62. The van der Waals surface area contributed by atoms with Gasteiger partial charge >= 0.3 is 0 Å². The van der Waals surface area contributed by atoms with Crippen LogP contribution in [-0.4, -0.2) is 24.9 Å². The molecule has 6 heteroatoms. The molecule has 0 aromatic carbocycles. The number of sulfonamides is 1. The van der Waals surface area contributed by atoms with Crippen molar-refractivity contribution in [2.45, 2.75) is 30.7 Å². The Balaban J connectivity index is 1.82. The summed E-state index contributed by atoms with van der Waals surface area (Å²) in [4.78, 5) is 6.27. The summed E-state index contributed by atoms with van der Waals surface area (Å²) >= 11 is 0. The lowest BCUT2D eigenvalue weighted by Crippen LogP contribution is -2.27. The van der Waals surface area contributed by atoms with Gasteiger partial charge in [-0.2, -0.15) is 0 Å². The average molecular weight is 229 g/mol. The van der Waals surface area contributed by atoms with E-state index in [4.69, 9.17) is 0 Å². The Labute approximate surface area is 89.4 Å². The van der Waals surface area contributed by atoms with Crippen molar-refractivity contribution in [1.82, 2.24) is 14.7 Å². The van der Waals surface area contributed by atoms with E-state index < -0.39 is 10.0 Å². The number of aromatic nitrogens is 2. The van der Waals surface area contributed by atoms with Crippen LogP contribution in [-0.2, 0) is 10.0 Å². The molecule has 0 amide bonds. The normalized spacial score (nSPS) is 17.6. The molecule has 2 N–H and O–H groups in total. The zero-order valence-corrected chi connectivity index (χ0v) is 9.26. The van der Waals surface area contributed by atoms with E-state index in [0.717, 1.165) is 12.3 Å². The van der Waals surface area contributed by atoms with Crippen molar-refractivity contribution >= 4 is 10.0 Å². The van der Waals surface area contributed by atoms with Crippen molar-refractivity contribution in [2.24, 2.45) is 5.92 Å². The quantitative estimate of drug-likeness (QED) is 0.787. The third-order valence-electron chi connectivity index (χ3n) is 2.83. The van der Waals surface area contributed by atoms with Crippen LogP contribution in [0.1, 0.15) is 25.7 Å². The first-order valence-corrected chi connectivity index (χ1v) is 6.65. The number of imidazole rings is 1. The number of nitrogens with one attached hydrogen (secondary N) is 2. The van der Waals surface area contributed by atoms with E-state index in [0.29, 0.717) is 6.54 Å². The molecule has 0 radical (unpaired) electrons. The minimum Gasteiger partial charge on any atom is -0.335 e. The van der Waals surface area contributed by atoms with E-state index in [-0.39, 0.29) is 5.03 Å². The van der Waals surface area contributed by atoms with Crippen LogP contribution in [0, 0.1) is 5.92 Å². The number of H-pyrrole nitrogens is 1. The molecule has 1 aromatic heterocycles. The van der Waals surface area contributed by atoms with Gasteiger partial charge in [0.25, 0.3) is 10.0 Å². The van der Waals surface area contributed by atoms with Crippen LogP contribution in [0.5, 0.6) is 0 Å². The second-order valence-electron chi connectivity index (χ2n) is 3.90. The monoisotopic (exact) mass is 229 g/mol. The SMILES string of the molecule is O=S(=O)(NCCC1CCC1)c1cnc[nH]1. The maximum atomic E-state index is 11.6. The first kappa shape index (κ1) is 10.6. The fourth-order valence-electron chi connectivity index (χ4n) is 1.65. The third-order valence-corrected chi connectivity index (χ3v) is 4.22. The highest BCUT2D eigenvalue weighted by Crippen LogP contribution is 2.28. The second-order valence-corrected chi connectivity index (χ2v) is 5.63. The zero-order valence-electron chi connectivity index (χ0n) is 8.44. The van der Waals surface area contributed by atoms with E-state index in [1.165, 1.54) is 31.8 Å². The molecule has 0 saturated heterocycles. The van der Waals surface area contributed by atoms with Crippen molar-refractivity contribution in [3.63, 3.8) is 0 Å². The molecular weight excluding hydrogens is 214 g/mol. The predicted molar refractivity (Wildman–Crippen MR) is 55.7 cm³/mol. The molecule has 0 aliphatic heterocycles. The Morgan fingerprint density at radius 3 is 2.87 bits per heavy atom. The summed E-state index contributed by atoms with van der Waals surface area (Å²) in [6.07, 6.45) is 7.38. The van der Waals surface area contributed by atoms with Gasteiger partial charge in [0.1, 0.15) is 0 Å². The van der Waals surface area contributed by atoms with Crippen LogP contribution in [0.25, 0.3) is 0 Å². The number of nitrogens with zero attached hydrogens (tertiary/aromatic N) is 1. The van der Waals surface area contributed by atoms with Crippen LogP contribution in [0.3, 0.4) is 0 Å². The van der Waals surface area contributed by atoms with Gasteiger partial charge in [0.05, 0.1) is 12.5 Å². The molecule has 0 unspecified atom stereocenters. The second kappa shape index (κ2) is 4.32. The van der Waals surface area contributed by atoms with Crippen molar-refractivity contribution in [1.29, 1.82) is 0 Å². The Kier molecular flexibility index (Phi) is 3.06. The lowest BCUT2D eigenvalue weighted by atomic mass is 9.83. The molecule has 5 nitrogen and oxygen atoms in total. The number of hydrogen-bond acceptors (Lipinski definition) is 3. The van der Waals surface area contributed by atoms with Gasteiger partial charge in [0.2, 0.25) is 0 Å². The summed E-state index contributed by atoms with van der Waals surface area (Å²) in [7, 11) is -3.36. The Morgan fingerprint density at radius 1 is 1.53 bits per heavy atom. The summed E-state index contributed by atoms with van der Waals surface area (Å²) in [5.74, 6) is 0.717. The van der Waals surface area contributed by atoms with Crippen LogP contribution in [0.4, 0.5) is 0 Å². The summed E-state index contributed by atoms with van der Waals surface area (Å²) in [6.45, 7) is 0.520. The standard InChI is InChI=1S/C9H15N3O2S/c13-15(14,9-6-10-7-11-9)12-5-4-8-2-1-3-8/h6-8,12H,1-5H2,(H,10,11). The van der Waals surface area contributed by atoms with Crippen molar-refractivity contribution in [3.05, 3.63) is 12.5 Å². The Bertz CT molecular complexity index is 395. The van der Waals surface area contributed by atoms with Gasteiger partial charge in [0, 0.05) is 6.54 Å².